The number of carbonyl (C=O) groups excluding carboxylic acids is 1. The van der Waals surface area contributed by atoms with E-state index in [1.807, 2.05) is 0 Å². The second-order valence-electron chi connectivity index (χ2n) is 14.0. The number of aliphatic hydroxyl groups excluding tert-OH is 1. The first-order valence-electron chi connectivity index (χ1n) is 17.5. The lowest BCUT2D eigenvalue weighted by molar-refractivity contribution is -0.139. The summed E-state index contributed by atoms with van der Waals surface area (Å²) in [7, 11) is 3.00. The SMILES string of the molecule is COc1cc(C(=O)NC2CCC(N3CCN(CC4CC4)CC3)CC2)c(F)cc1Nc1ncc(C(F)(F)F)c(Oc2cccc3c2C(O)N(C)C3)n1. The molecule has 4 aliphatic rings. The molecule has 3 aromatic rings. The van der Waals surface area contributed by atoms with Crippen LogP contribution in [0.5, 0.6) is 17.4 Å². The number of fused-ring (bicyclic) bond motifs is 1. The van der Waals surface area contributed by atoms with Gasteiger partial charge < -0.3 is 30.1 Å². The number of ether oxygens (including phenoxy) is 2. The van der Waals surface area contributed by atoms with Gasteiger partial charge in [-0.2, -0.15) is 18.2 Å². The molecule has 1 aromatic heterocycles. The van der Waals surface area contributed by atoms with Crippen LogP contribution in [0.1, 0.15) is 71.8 Å². The number of aromatic nitrogens is 2. The van der Waals surface area contributed by atoms with Crippen LogP contribution >= 0.6 is 0 Å². The molecule has 0 radical (unpaired) electrons. The molecule has 51 heavy (non-hydrogen) atoms. The first kappa shape index (κ1) is 35.4. The Morgan fingerprint density at radius 1 is 1.04 bits per heavy atom. The van der Waals surface area contributed by atoms with Gasteiger partial charge in [-0.15, -0.1) is 0 Å². The van der Waals surface area contributed by atoms with Crippen molar-refractivity contribution in [3.63, 3.8) is 0 Å². The molecule has 11 nitrogen and oxygen atoms in total. The van der Waals surface area contributed by atoms with E-state index < -0.39 is 35.6 Å². The highest BCUT2D eigenvalue weighted by molar-refractivity contribution is 5.96. The predicted molar refractivity (Wildman–Crippen MR) is 180 cm³/mol. The Bertz CT molecular complexity index is 1740. The molecular formula is C36H43F4N7O4. The van der Waals surface area contributed by atoms with Gasteiger partial charge in [-0.05, 0) is 69.2 Å². The molecule has 0 spiro atoms. The molecular weight excluding hydrogens is 670 g/mol. The number of nitrogens with one attached hydrogen (secondary N) is 2. The summed E-state index contributed by atoms with van der Waals surface area (Å²) in [5, 5.41) is 16.3. The summed E-state index contributed by atoms with van der Waals surface area (Å²) in [5.74, 6) is -1.60. The Morgan fingerprint density at radius 3 is 2.47 bits per heavy atom. The summed E-state index contributed by atoms with van der Waals surface area (Å²) >= 11 is 0. The van der Waals surface area contributed by atoms with Gasteiger partial charge in [-0.25, -0.2) is 9.37 Å². The average molecular weight is 714 g/mol. The average Bonchev–Trinajstić information content (AvgIpc) is 3.87. The van der Waals surface area contributed by atoms with Gasteiger partial charge in [-0.3, -0.25) is 14.6 Å². The lowest BCUT2D eigenvalue weighted by Gasteiger charge is -2.42. The summed E-state index contributed by atoms with van der Waals surface area (Å²) < 4.78 is 68.5. The van der Waals surface area contributed by atoms with Gasteiger partial charge in [0.15, 0.2) is 0 Å². The largest absolute Gasteiger partial charge is 0.495 e. The molecule has 15 heteroatoms. The number of alkyl halides is 3. The third-order valence-corrected chi connectivity index (χ3v) is 10.5. The first-order chi connectivity index (χ1) is 24.5. The highest BCUT2D eigenvalue weighted by Crippen LogP contribution is 2.42. The number of aliphatic hydroxyl groups is 1. The van der Waals surface area contributed by atoms with Crippen molar-refractivity contribution in [1.29, 1.82) is 0 Å². The monoisotopic (exact) mass is 713 g/mol. The van der Waals surface area contributed by atoms with Crippen molar-refractivity contribution in [2.75, 3.05) is 52.2 Å². The zero-order chi connectivity index (χ0) is 35.9. The number of methoxy groups -OCH3 is 1. The highest BCUT2D eigenvalue weighted by atomic mass is 19.4. The third-order valence-electron chi connectivity index (χ3n) is 10.5. The summed E-state index contributed by atoms with van der Waals surface area (Å²) in [6, 6.07) is 7.48. The Kier molecular flexibility index (Phi) is 10.1. The first-order valence-corrected chi connectivity index (χ1v) is 17.5. The number of amides is 1. The van der Waals surface area contributed by atoms with Crippen molar-refractivity contribution in [3.8, 4) is 17.4 Å². The Morgan fingerprint density at radius 2 is 1.78 bits per heavy atom. The van der Waals surface area contributed by atoms with E-state index >= 15 is 4.39 Å². The minimum atomic E-state index is -4.86. The van der Waals surface area contributed by atoms with E-state index in [-0.39, 0.29) is 34.7 Å². The topological polar surface area (TPSA) is 115 Å². The molecule has 3 N–H and O–H groups in total. The molecule has 7 rings (SSSR count). The van der Waals surface area contributed by atoms with Crippen molar-refractivity contribution in [2.45, 2.75) is 69.6 Å². The smallest absolute Gasteiger partial charge is 0.423 e. The third kappa shape index (κ3) is 7.91. The fraction of sp³-hybridized carbons (Fsp3) is 0.528. The van der Waals surface area contributed by atoms with E-state index in [1.54, 1.807) is 24.1 Å². The van der Waals surface area contributed by atoms with Crippen LogP contribution in [0.25, 0.3) is 0 Å². The number of benzene rings is 2. The van der Waals surface area contributed by atoms with Crippen LogP contribution in [0.15, 0.2) is 36.5 Å². The second kappa shape index (κ2) is 14.5. The minimum Gasteiger partial charge on any atom is -0.495 e. The minimum absolute atomic E-state index is 0.00681. The second-order valence-corrected chi connectivity index (χ2v) is 14.0. The summed E-state index contributed by atoms with van der Waals surface area (Å²) in [6.45, 7) is 5.97. The molecule has 2 aromatic carbocycles. The number of nitrogens with zero attached hydrogens (tertiary/aromatic N) is 5. The predicted octanol–water partition coefficient (Wildman–Crippen LogP) is 5.68. The highest BCUT2D eigenvalue weighted by Gasteiger charge is 2.38. The number of halogens is 4. The van der Waals surface area contributed by atoms with Crippen LogP contribution in [0.2, 0.25) is 0 Å². The van der Waals surface area contributed by atoms with Crippen molar-refractivity contribution in [3.05, 3.63) is 64.6 Å². The van der Waals surface area contributed by atoms with Gasteiger partial charge in [0.05, 0.1) is 18.4 Å². The van der Waals surface area contributed by atoms with Crippen LogP contribution in [0, 0.1) is 11.7 Å². The number of hydrogen-bond acceptors (Lipinski definition) is 10. The number of carbonyl (C=O) groups is 1. The maximum atomic E-state index is 15.5. The quantitative estimate of drug-likeness (QED) is 0.227. The molecule has 0 bridgehead atoms. The van der Waals surface area contributed by atoms with Gasteiger partial charge in [0, 0.05) is 69.2 Å². The van der Waals surface area contributed by atoms with E-state index in [1.165, 1.54) is 38.6 Å². The molecule has 1 amide bonds. The summed E-state index contributed by atoms with van der Waals surface area (Å²) in [5.41, 5.74) is -0.424. The van der Waals surface area contributed by atoms with E-state index in [0.717, 1.165) is 63.8 Å². The van der Waals surface area contributed by atoms with E-state index in [0.29, 0.717) is 29.9 Å². The van der Waals surface area contributed by atoms with E-state index in [2.05, 4.69) is 30.4 Å². The molecule has 2 aliphatic heterocycles. The Hall–Kier alpha value is -4.05. The molecule has 2 aliphatic carbocycles. The van der Waals surface area contributed by atoms with Gasteiger partial charge in [-0.1, -0.05) is 12.1 Å². The fourth-order valence-electron chi connectivity index (χ4n) is 7.43. The number of anilines is 2. The molecule has 1 unspecified atom stereocenters. The van der Waals surface area contributed by atoms with Crippen molar-refractivity contribution in [2.24, 2.45) is 5.92 Å². The van der Waals surface area contributed by atoms with Crippen molar-refractivity contribution in [1.82, 2.24) is 30.0 Å². The summed E-state index contributed by atoms with van der Waals surface area (Å²) in [6.07, 6.45) is 0.884. The fourth-order valence-corrected chi connectivity index (χ4v) is 7.43. The molecule has 1 saturated heterocycles. The van der Waals surface area contributed by atoms with Gasteiger partial charge >= 0.3 is 6.18 Å². The lowest BCUT2D eigenvalue weighted by atomic mass is 9.89. The Balaban J connectivity index is 1.01. The normalized spacial score (nSPS) is 23.2. The summed E-state index contributed by atoms with van der Waals surface area (Å²) in [4.78, 5) is 27.8. The molecule has 1 atom stereocenters. The van der Waals surface area contributed by atoms with Crippen LogP contribution in [-0.4, -0.2) is 94.6 Å². The van der Waals surface area contributed by atoms with Gasteiger partial charge in [0.1, 0.15) is 29.1 Å². The number of piperazine rings is 1. The standard InChI is InChI=1S/C36H43F4N7O4/c1-45-20-22-4-3-5-29(31(22)34(45)49)51-33-26(36(38,39)40)18-41-35(44-33)43-28-17-27(37)25(16-30(28)50-2)32(48)42-23-8-10-24(11-9-23)47-14-12-46(13-15-47)19-21-6-7-21/h3-5,16-18,21,23-24,34,49H,6-15,19-20H2,1-2H3,(H,42,48)(H,41,43,44). The van der Waals surface area contributed by atoms with Crippen molar-refractivity contribution < 1.29 is 36.9 Å². The van der Waals surface area contributed by atoms with Gasteiger partial charge in [0.2, 0.25) is 11.8 Å². The van der Waals surface area contributed by atoms with Crippen LogP contribution in [0.3, 0.4) is 0 Å². The zero-order valence-corrected chi connectivity index (χ0v) is 28.7. The zero-order valence-electron chi connectivity index (χ0n) is 28.7. The molecule has 3 fully saturated rings. The molecule has 3 heterocycles. The van der Waals surface area contributed by atoms with Crippen molar-refractivity contribution >= 4 is 17.5 Å². The Labute approximate surface area is 293 Å². The maximum absolute atomic E-state index is 15.5. The van der Waals surface area contributed by atoms with Gasteiger partial charge in [0.25, 0.3) is 5.91 Å². The number of hydrogen-bond donors (Lipinski definition) is 3. The van der Waals surface area contributed by atoms with E-state index in [9.17, 15) is 23.1 Å². The number of rotatable bonds is 10. The van der Waals surface area contributed by atoms with Crippen LogP contribution in [0.4, 0.5) is 29.2 Å². The molecule has 2 saturated carbocycles. The van der Waals surface area contributed by atoms with E-state index in [4.69, 9.17) is 9.47 Å². The molecule has 274 valence electrons. The van der Waals surface area contributed by atoms with Crippen LogP contribution in [-0.2, 0) is 12.7 Å². The maximum Gasteiger partial charge on any atom is 0.423 e. The lowest BCUT2D eigenvalue weighted by Crippen LogP contribution is -2.52. The van der Waals surface area contributed by atoms with Crippen LogP contribution < -0.4 is 20.1 Å².